The second-order valence-electron chi connectivity index (χ2n) is 2.39. The molecule has 0 amide bonds. The van der Waals surface area contributed by atoms with Crippen molar-refractivity contribution >= 4 is 0 Å². The quantitative estimate of drug-likeness (QED) is 0.495. The fourth-order valence-electron chi connectivity index (χ4n) is 0.541. The largest absolute Gasteiger partial charge is 0.123 e. The number of rotatable bonds is 2. The average Bonchev–Trinajstić information content (AvgIpc) is 1.87. The number of allylic oxidation sites excluding steroid dienone is 1. The second kappa shape index (κ2) is 4.40. The summed E-state index contributed by atoms with van der Waals surface area (Å²) < 4.78 is 0. The van der Waals surface area contributed by atoms with E-state index < -0.39 is 0 Å². The highest BCUT2D eigenvalue weighted by Gasteiger charge is 1.81. The predicted octanol–water partition coefficient (Wildman–Crippen LogP) is 3.30. The average molecular weight is 124 g/mol. The van der Waals surface area contributed by atoms with Gasteiger partial charge in [0.1, 0.15) is 0 Å². The van der Waals surface area contributed by atoms with Gasteiger partial charge in [0.2, 0.25) is 0 Å². The highest BCUT2D eigenvalue weighted by molar-refractivity contribution is 5.04. The first-order chi connectivity index (χ1) is 4.20. The SMILES string of the molecule is CCC(C)=C=C(C)CC. The van der Waals surface area contributed by atoms with Crippen molar-refractivity contribution in [3.05, 3.63) is 16.9 Å². The van der Waals surface area contributed by atoms with E-state index in [0.29, 0.717) is 0 Å². The van der Waals surface area contributed by atoms with Gasteiger partial charge in [0.25, 0.3) is 0 Å². The van der Waals surface area contributed by atoms with Crippen LogP contribution < -0.4 is 0 Å². The Kier molecular flexibility index (Phi) is 4.17. The zero-order chi connectivity index (χ0) is 7.28. The van der Waals surface area contributed by atoms with Gasteiger partial charge in [-0.05, 0) is 37.8 Å². The van der Waals surface area contributed by atoms with Gasteiger partial charge in [-0.3, -0.25) is 0 Å². The van der Waals surface area contributed by atoms with E-state index in [4.69, 9.17) is 0 Å². The van der Waals surface area contributed by atoms with E-state index in [9.17, 15) is 0 Å². The van der Waals surface area contributed by atoms with E-state index in [1.54, 1.807) is 0 Å². The molecule has 0 spiro atoms. The third-order valence-electron chi connectivity index (χ3n) is 1.49. The van der Waals surface area contributed by atoms with Gasteiger partial charge in [0.15, 0.2) is 0 Å². The summed E-state index contributed by atoms with van der Waals surface area (Å²) in [6.07, 6.45) is 2.24. The van der Waals surface area contributed by atoms with E-state index >= 15 is 0 Å². The molecule has 0 aromatic carbocycles. The van der Waals surface area contributed by atoms with E-state index in [2.05, 4.69) is 33.4 Å². The van der Waals surface area contributed by atoms with Gasteiger partial charge in [-0.25, -0.2) is 0 Å². The normalized spacial score (nSPS) is 8.44. The van der Waals surface area contributed by atoms with Crippen LogP contribution in [0.1, 0.15) is 40.5 Å². The molecule has 52 valence electrons. The molecule has 0 atom stereocenters. The fourth-order valence-corrected chi connectivity index (χ4v) is 0.541. The highest BCUT2D eigenvalue weighted by Crippen LogP contribution is 2.00. The number of hydrogen-bond donors (Lipinski definition) is 0. The predicted molar refractivity (Wildman–Crippen MR) is 42.5 cm³/mol. The van der Waals surface area contributed by atoms with Gasteiger partial charge in [0.05, 0.1) is 0 Å². The summed E-state index contributed by atoms with van der Waals surface area (Å²) >= 11 is 0. The molecule has 9 heavy (non-hydrogen) atoms. The molecule has 0 unspecified atom stereocenters. The van der Waals surface area contributed by atoms with Crippen LogP contribution >= 0.6 is 0 Å². The molecular formula is C9H16. The molecule has 0 aliphatic carbocycles. The maximum Gasteiger partial charge on any atom is -0.0275 e. The first-order valence-corrected chi connectivity index (χ1v) is 3.62. The van der Waals surface area contributed by atoms with Gasteiger partial charge in [-0.15, -0.1) is 5.73 Å². The van der Waals surface area contributed by atoms with E-state index in [0.717, 1.165) is 12.8 Å². The molecule has 0 heterocycles. The summed E-state index contributed by atoms with van der Waals surface area (Å²) in [4.78, 5) is 0. The van der Waals surface area contributed by atoms with E-state index in [-0.39, 0.29) is 0 Å². The van der Waals surface area contributed by atoms with Gasteiger partial charge in [0, 0.05) is 0 Å². The minimum Gasteiger partial charge on any atom is -0.123 e. The van der Waals surface area contributed by atoms with Crippen molar-refractivity contribution < 1.29 is 0 Å². The third-order valence-corrected chi connectivity index (χ3v) is 1.49. The van der Waals surface area contributed by atoms with Crippen LogP contribution in [-0.2, 0) is 0 Å². The molecule has 0 bridgehead atoms. The Bertz CT molecular complexity index is 120. The van der Waals surface area contributed by atoms with Gasteiger partial charge < -0.3 is 0 Å². The van der Waals surface area contributed by atoms with Crippen LogP contribution in [0.25, 0.3) is 0 Å². The van der Waals surface area contributed by atoms with Crippen molar-refractivity contribution in [3.63, 3.8) is 0 Å². The monoisotopic (exact) mass is 124 g/mol. The number of hydrogen-bond acceptors (Lipinski definition) is 0. The van der Waals surface area contributed by atoms with Crippen molar-refractivity contribution in [2.75, 3.05) is 0 Å². The van der Waals surface area contributed by atoms with Gasteiger partial charge >= 0.3 is 0 Å². The Morgan fingerprint density at radius 2 is 1.33 bits per heavy atom. The molecule has 0 aromatic rings. The first-order valence-electron chi connectivity index (χ1n) is 3.62. The minimum absolute atomic E-state index is 1.12. The molecule has 0 fully saturated rings. The molecular weight excluding hydrogens is 108 g/mol. The van der Waals surface area contributed by atoms with Crippen molar-refractivity contribution in [2.24, 2.45) is 0 Å². The lowest BCUT2D eigenvalue weighted by molar-refractivity contribution is 1.07. The molecule has 0 aromatic heterocycles. The maximum absolute atomic E-state index is 3.31. The molecule has 0 rings (SSSR count). The van der Waals surface area contributed by atoms with Crippen molar-refractivity contribution in [1.82, 2.24) is 0 Å². The second-order valence-corrected chi connectivity index (χ2v) is 2.39. The Hall–Kier alpha value is -0.480. The maximum atomic E-state index is 3.31. The molecule has 0 heteroatoms. The Balaban J connectivity index is 4.19. The summed E-state index contributed by atoms with van der Waals surface area (Å²) in [6.45, 7) is 8.56. The summed E-state index contributed by atoms with van der Waals surface area (Å²) in [5.41, 5.74) is 6.02. The van der Waals surface area contributed by atoms with Crippen molar-refractivity contribution in [2.45, 2.75) is 40.5 Å². The summed E-state index contributed by atoms with van der Waals surface area (Å²) in [7, 11) is 0. The third kappa shape index (κ3) is 4.05. The van der Waals surface area contributed by atoms with E-state index in [1.165, 1.54) is 11.1 Å². The van der Waals surface area contributed by atoms with Crippen LogP contribution in [0.2, 0.25) is 0 Å². The summed E-state index contributed by atoms with van der Waals surface area (Å²) in [5.74, 6) is 0. The van der Waals surface area contributed by atoms with Crippen LogP contribution in [-0.4, -0.2) is 0 Å². The van der Waals surface area contributed by atoms with Crippen LogP contribution in [0, 0.1) is 0 Å². The minimum atomic E-state index is 1.12. The Morgan fingerprint density at radius 3 is 1.56 bits per heavy atom. The van der Waals surface area contributed by atoms with Gasteiger partial charge in [-0.1, -0.05) is 13.8 Å². The lowest BCUT2D eigenvalue weighted by atomic mass is 10.2. The van der Waals surface area contributed by atoms with Crippen LogP contribution in [0.4, 0.5) is 0 Å². The van der Waals surface area contributed by atoms with Crippen molar-refractivity contribution in [3.8, 4) is 0 Å². The molecule has 0 saturated carbocycles. The molecule has 0 N–H and O–H groups in total. The standard InChI is InChI=1S/C9H16/c1-5-8(3)7-9(4)6-2/h5-6H2,1-4H3. The molecule has 0 aliphatic heterocycles. The topological polar surface area (TPSA) is 0 Å². The molecule has 0 radical (unpaired) electrons. The fraction of sp³-hybridized carbons (Fsp3) is 0.667. The molecule has 0 aliphatic rings. The Morgan fingerprint density at radius 1 is 1.00 bits per heavy atom. The molecule has 0 nitrogen and oxygen atoms in total. The smallest absolute Gasteiger partial charge is 0.0275 e. The van der Waals surface area contributed by atoms with E-state index in [1.807, 2.05) is 0 Å². The van der Waals surface area contributed by atoms with Crippen LogP contribution in [0.3, 0.4) is 0 Å². The molecule has 0 saturated heterocycles. The highest BCUT2D eigenvalue weighted by atomic mass is 13.9. The first kappa shape index (κ1) is 8.52. The van der Waals surface area contributed by atoms with Gasteiger partial charge in [-0.2, -0.15) is 0 Å². The zero-order valence-electron chi connectivity index (χ0n) is 6.91. The summed E-state index contributed by atoms with van der Waals surface area (Å²) in [6, 6.07) is 0. The van der Waals surface area contributed by atoms with Crippen molar-refractivity contribution in [1.29, 1.82) is 0 Å². The lowest BCUT2D eigenvalue weighted by Gasteiger charge is -1.89. The van der Waals surface area contributed by atoms with Crippen LogP contribution in [0.15, 0.2) is 16.9 Å². The van der Waals surface area contributed by atoms with Crippen LogP contribution in [0.5, 0.6) is 0 Å². The lowest BCUT2D eigenvalue weighted by Crippen LogP contribution is -1.70. The zero-order valence-corrected chi connectivity index (χ0v) is 6.91. The Labute approximate surface area is 58.3 Å². The summed E-state index contributed by atoms with van der Waals surface area (Å²) in [5, 5.41) is 0.